The smallest absolute Gasteiger partial charge is 0.302 e. The Morgan fingerprint density at radius 3 is 2.19 bits per heavy atom. The van der Waals surface area contributed by atoms with Crippen molar-refractivity contribution >= 4 is 25.4 Å². The monoisotopic (exact) mass is 658 g/mol. The fourth-order valence-electron chi connectivity index (χ4n) is 6.84. The average Bonchev–Trinajstić information content (AvgIpc) is 3.06. The zero-order valence-electron chi connectivity index (χ0n) is 29.9. The summed E-state index contributed by atoms with van der Waals surface area (Å²) >= 11 is 0. The van der Waals surface area contributed by atoms with Gasteiger partial charge in [-0.15, -0.1) is 0 Å². The molecular formula is C42H62O4Si. The van der Waals surface area contributed by atoms with Crippen LogP contribution in [0.5, 0.6) is 0 Å². The summed E-state index contributed by atoms with van der Waals surface area (Å²) < 4.78 is 13.4. The molecule has 5 heteroatoms. The van der Waals surface area contributed by atoms with Gasteiger partial charge in [-0.2, -0.15) is 0 Å². The summed E-state index contributed by atoms with van der Waals surface area (Å²) in [6.45, 7) is 10.9. The second-order valence-electron chi connectivity index (χ2n) is 14.4. The highest BCUT2D eigenvalue weighted by Gasteiger charge is 2.37. The highest BCUT2D eigenvalue weighted by molar-refractivity contribution is 6.80. The molecule has 0 aromatic heterocycles. The van der Waals surface area contributed by atoms with E-state index >= 15 is 0 Å². The Morgan fingerprint density at radius 2 is 1.60 bits per heavy atom. The van der Waals surface area contributed by atoms with E-state index in [0.29, 0.717) is 5.92 Å². The van der Waals surface area contributed by atoms with Crippen LogP contribution in [0.4, 0.5) is 0 Å². The van der Waals surface area contributed by atoms with Crippen molar-refractivity contribution in [1.29, 1.82) is 0 Å². The molecule has 0 bridgehead atoms. The minimum Gasteiger partial charge on any atom is -0.540 e. The first-order valence-electron chi connectivity index (χ1n) is 18.3. The lowest BCUT2D eigenvalue weighted by Crippen LogP contribution is -2.46. The second-order valence-corrected chi connectivity index (χ2v) is 16.7. The molecule has 1 aliphatic rings. The number of unbranched alkanes of at least 4 members (excludes halogenated alkanes) is 4. The molecule has 0 saturated heterocycles. The Kier molecular flexibility index (Phi) is 17.4. The van der Waals surface area contributed by atoms with Crippen LogP contribution in [-0.4, -0.2) is 32.8 Å². The van der Waals surface area contributed by atoms with Gasteiger partial charge in [0, 0.05) is 25.4 Å². The lowest BCUT2D eigenvalue weighted by molar-refractivity contribution is -0.151. The van der Waals surface area contributed by atoms with Crippen molar-refractivity contribution in [2.24, 2.45) is 23.2 Å². The van der Waals surface area contributed by atoms with E-state index in [1.165, 1.54) is 36.6 Å². The van der Waals surface area contributed by atoms with Gasteiger partial charge in [0.2, 0.25) is 0 Å². The summed E-state index contributed by atoms with van der Waals surface area (Å²) in [6.07, 6.45) is 24.0. The van der Waals surface area contributed by atoms with Crippen molar-refractivity contribution in [2.45, 2.75) is 118 Å². The van der Waals surface area contributed by atoms with Crippen LogP contribution in [0.25, 0.3) is 0 Å². The summed E-state index contributed by atoms with van der Waals surface area (Å²) in [5, 5.41) is 12.0. The topological polar surface area (TPSA) is 55.8 Å². The van der Waals surface area contributed by atoms with E-state index in [0.717, 1.165) is 63.5 Å². The molecule has 4 nitrogen and oxygen atoms in total. The molecule has 4 atom stereocenters. The van der Waals surface area contributed by atoms with E-state index in [4.69, 9.17) is 9.16 Å². The highest BCUT2D eigenvalue weighted by Crippen LogP contribution is 2.40. The Morgan fingerprint density at radius 1 is 0.936 bits per heavy atom. The number of esters is 1. The number of rotatable bonds is 19. The molecule has 1 N–H and O–H groups in total. The number of hydrogen-bond donors (Lipinski definition) is 1. The van der Waals surface area contributed by atoms with Gasteiger partial charge < -0.3 is 14.3 Å². The molecule has 1 saturated carbocycles. The van der Waals surface area contributed by atoms with E-state index in [-0.39, 0.29) is 35.9 Å². The fraction of sp³-hybridized carbons (Fsp3) is 0.548. The van der Waals surface area contributed by atoms with E-state index in [1.807, 2.05) is 0 Å². The maximum Gasteiger partial charge on any atom is 0.302 e. The van der Waals surface area contributed by atoms with Gasteiger partial charge in [0.1, 0.15) is 6.10 Å². The van der Waals surface area contributed by atoms with Crippen LogP contribution in [-0.2, 0) is 14.0 Å². The Hall–Kier alpha value is -2.89. The molecule has 3 rings (SSSR count). The average molecular weight is 659 g/mol. The number of aliphatic hydroxyl groups is 1. The van der Waals surface area contributed by atoms with Crippen LogP contribution in [0.3, 0.4) is 0 Å². The number of hydrogen-bond acceptors (Lipinski definition) is 4. The summed E-state index contributed by atoms with van der Waals surface area (Å²) in [6, 6.07) is 21.4. The predicted octanol–water partition coefficient (Wildman–Crippen LogP) is 9.07. The maximum atomic E-state index is 12.3. The molecule has 1 aliphatic carbocycles. The molecule has 2 aromatic rings. The van der Waals surface area contributed by atoms with Crippen molar-refractivity contribution in [2.75, 3.05) is 6.61 Å². The Labute approximate surface area is 288 Å². The van der Waals surface area contributed by atoms with Crippen LogP contribution >= 0.6 is 0 Å². The van der Waals surface area contributed by atoms with Crippen LogP contribution in [0.1, 0.15) is 112 Å². The van der Waals surface area contributed by atoms with Crippen LogP contribution < -0.4 is 10.4 Å². The van der Waals surface area contributed by atoms with Crippen molar-refractivity contribution in [3.05, 3.63) is 96.8 Å². The zero-order chi connectivity index (χ0) is 33.9. The molecule has 0 amide bonds. The Balaban J connectivity index is 2.02. The van der Waals surface area contributed by atoms with Crippen molar-refractivity contribution < 1.29 is 19.1 Å². The molecule has 4 unspecified atom stereocenters. The third-order valence-corrected chi connectivity index (χ3v) is 12.1. The molecule has 0 aliphatic heterocycles. The van der Waals surface area contributed by atoms with Gasteiger partial charge in [-0.3, -0.25) is 4.79 Å². The summed E-state index contributed by atoms with van der Waals surface area (Å²) in [4.78, 5) is 12.3. The molecule has 0 heterocycles. The molecule has 47 heavy (non-hydrogen) atoms. The summed E-state index contributed by atoms with van der Waals surface area (Å²) in [5.41, 5.74) is 0.130. The van der Waals surface area contributed by atoms with E-state index in [1.54, 1.807) is 0 Å². The van der Waals surface area contributed by atoms with Gasteiger partial charge in [-0.05, 0) is 79.1 Å². The standard InChI is InChI=1S/C42H62O4Si/c1-6-7-8-9-10-13-23-35(42(3,4)5)24-22-32-41(46-47(36-25-14-11-15-26-36)37-27-16-12-17-28-37)39-30-19-18-29-38(39)40(45-34(2)44)31-20-21-33-43/h10-17,22,24-28,32,35,38-40,43,47H,6-9,18-21,23,29-31,33H2,1-5H3/b13-10-,24-22+,41-32+. The minimum absolute atomic E-state index is 0.130. The lowest BCUT2D eigenvalue weighted by Gasteiger charge is -2.39. The van der Waals surface area contributed by atoms with E-state index in [9.17, 15) is 9.90 Å². The molecule has 258 valence electrons. The first-order valence-corrected chi connectivity index (χ1v) is 19.9. The normalized spacial score (nSPS) is 18.9. The molecule has 0 spiro atoms. The van der Waals surface area contributed by atoms with Gasteiger partial charge in [0.25, 0.3) is 9.04 Å². The molecular weight excluding hydrogens is 597 g/mol. The Bertz CT molecular complexity index is 1190. The number of allylic oxidation sites excluding steroid dienone is 6. The van der Waals surface area contributed by atoms with Gasteiger partial charge in [-0.25, -0.2) is 0 Å². The van der Waals surface area contributed by atoms with Crippen molar-refractivity contribution in [3.8, 4) is 0 Å². The SMILES string of the molecule is CCCCC/C=C\CC(/C=C/C=C(/O[SiH](c1ccccc1)c1ccccc1)C1CCCCC1C(CCCCO)OC(C)=O)C(C)(C)C. The van der Waals surface area contributed by atoms with Crippen LogP contribution in [0.15, 0.2) is 96.8 Å². The van der Waals surface area contributed by atoms with E-state index < -0.39 is 9.04 Å². The zero-order valence-corrected chi connectivity index (χ0v) is 31.1. The van der Waals surface area contributed by atoms with Crippen LogP contribution in [0.2, 0.25) is 0 Å². The number of ether oxygens (including phenoxy) is 1. The second kappa shape index (κ2) is 21.2. The van der Waals surface area contributed by atoms with Crippen molar-refractivity contribution in [3.63, 3.8) is 0 Å². The minimum atomic E-state index is -2.08. The van der Waals surface area contributed by atoms with Crippen LogP contribution in [0, 0.1) is 23.2 Å². The summed E-state index contributed by atoms with van der Waals surface area (Å²) in [7, 11) is -2.08. The van der Waals surface area contributed by atoms with Gasteiger partial charge in [-0.1, -0.05) is 138 Å². The third kappa shape index (κ3) is 13.6. The predicted molar refractivity (Wildman–Crippen MR) is 200 cm³/mol. The lowest BCUT2D eigenvalue weighted by atomic mass is 9.74. The molecule has 0 radical (unpaired) electrons. The summed E-state index contributed by atoms with van der Waals surface area (Å²) in [5.74, 6) is 1.52. The fourth-order valence-corrected chi connectivity index (χ4v) is 9.16. The van der Waals surface area contributed by atoms with Crippen molar-refractivity contribution in [1.82, 2.24) is 0 Å². The quantitative estimate of drug-likeness (QED) is 0.0409. The number of carbonyl (C=O) groups is 1. The maximum absolute atomic E-state index is 12.3. The number of aliphatic hydroxyl groups excluding tert-OH is 1. The number of carbonyl (C=O) groups excluding carboxylic acids is 1. The van der Waals surface area contributed by atoms with Gasteiger partial charge in [0.05, 0.1) is 5.76 Å². The largest absolute Gasteiger partial charge is 0.540 e. The van der Waals surface area contributed by atoms with Gasteiger partial charge >= 0.3 is 5.97 Å². The third-order valence-electron chi connectivity index (χ3n) is 9.58. The van der Waals surface area contributed by atoms with E-state index in [2.05, 4.69) is 119 Å². The van der Waals surface area contributed by atoms with Gasteiger partial charge in [0.15, 0.2) is 0 Å². The first kappa shape index (κ1) is 38.6. The molecule has 2 aromatic carbocycles. The molecule has 1 fully saturated rings. The highest BCUT2D eigenvalue weighted by atomic mass is 28.3. The first-order chi connectivity index (χ1) is 22.7. The number of benzene rings is 2.